The maximum atomic E-state index is 12.2. The highest BCUT2D eigenvalue weighted by Crippen LogP contribution is 2.18. The average Bonchev–Trinajstić information content (AvgIpc) is 3.15. The molecule has 1 amide bonds. The number of rotatable bonds is 6. The van der Waals surface area contributed by atoms with Crippen molar-refractivity contribution in [2.75, 3.05) is 36.3 Å². The van der Waals surface area contributed by atoms with E-state index in [1.54, 1.807) is 17.8 Å². The molecule has 0 radical (unpaired) electrons. The van der Waals surface area contributed by atoms with Crippen molar-refractivity contribution < 1.29 is 4.79 Å². The Hall–Kier alpha value is -3.00. The number of hydrogen-bond acceptors (Lipinski definition) is 7. The third-order valence-electron chi connectivity index (χ3n) is 3.83. The number of carbonyl (C=O) groups is 1. The second-order valence-corrected chi connectivity index (χ2v) is 6.86. The van der Waals surface area contributed by atoms with Crippen molar-refractivity contribution in [3.63, 3.8) is 0 Å². The first-order valence-corrected chi connectivity index (χ1v) is 8.92. The third-order valence-corrected chi connectivity index (χ3v) is 4.44. The van der Waals surface area contributed by atoms with Gasteiger partial charge in [0, 0.05) is 39.6 Å². The van der Waals surface area contributed by atoms with E-state index in [1.165, 1.54) is 16.9 Å². The van der Waals surface area contributed by atoms with E-state index < -0.39 is 0 Å². The molecule has 2 heterocycles. The topological polar surface area (TPSA) is 74.2 Å². The molecule has 0 aliphatic carbocycles. The van der Waals surface area contributed by atoms with E-state index in [0.29, 0.717) is 10.7 Å². The SMILES string of the molecule is CN(C)c1cccc(CN(C)c2ccc(C(=O)Nc3nncs3)cn2)c1. The monoisotopic (exact) mass is 368 g/mol. The van der Waals surface area contributed by atoms with Gasteiger partial charge in [0.2, 0.25) is 5.13 Å². The number of nitrogens with one attached hydrogen (secondary N) is 1. The highest BCUT2D eigenvalue weighted by Gasteiger charge is 2.10. The number of pyridine rings is 1. The first-order valence-electron chi connectivity index (χ1n) is 8.04. The van der Waals surface area contributed by atoms with Crippen LogP contribution in [0.2, 0.25) is 0 Å². The molecule has 0 saturated heterocycles. The minimum atomic E-state index is -0.248. The summed E-state index contributed by atoms with van der Waals surface area (Å²) >= 11 is 1.27. The zero-order chi connectivity index (χ0) is 18.5. The molecule has 2 aromatic heterocycles. The minimum Gasteiger partial charge on any atom is -0.378 e. The molecular formula is C18H20N6OS. The number of aromatic nitrogens is 3. The van der Waals surface area contributed by atoms with Crippen molar-refractivity contribution in [2.24, 2.45) is 0 Å². The van der Waals surface area contributed by atoms with Crippen LogP contribution < -0.4 is 15.1 Å². The molecule has 0 aliphatic heterocycles. The summed E-state index contributed by atoms with van der Waals surface area (Å²) in [7, 11) is 6.03. The fourth-order valence-corrected chi connectivity index (χ4v) is 2.87. The molecule has 0 atom stereocenters. The molecule has 0 bridgehead atoms. The lowest BCUT2D eigenvalue weighted by Crippen LogP contribution is -2.19. The van der Waals surface area contributed by atoms with Gasteiger partial charge in [-0.3, -0.25) is 10.1 Å². The van der Waals surface area contributed by atoms with Crippen LogP contribution in [0.4, 0.5) is 16.6 Å². The molecule has 134 valence electrons. The lowest BCUT2D eigenvalue weighted by atomic mass is 10.2. The molecule has 3 rings (SSSR count). The van der Waals surface area contributed by atoms with Gasteiger partial charge in [-0.05, 0) is 29.8 Å². The summed E-state index contributed by atoms with van der Waals surface area (Å²) in [6.45, 7) is 0.727. The fourth-order valence-electron chi connectivity index (χ4n) is 2.43. The Kier molecular flexibility index (Phi) is 5.43. The van der Waals surface area contributed by atoms with Crippen molar-refractivity contribution in [1.29, 1.82) is 0 Å². The number of hydrogen-bond donors (Lipinski definition) is 1. The van der Waals surface area contributed by atoms with Gasteiger partial charge in [-0.2, -0.15) is 0 Å². The molecule has 0 unspecified atom stereocenters. The van der Waals surface area contributed by atoms with Gasteiger partial charge in [-0.1, -0.05) is 23.5 Å². The zero-order valence-electron chi connectivity index (χ0n) is 14.9. The Morgan fingerprint density at radius 1 is 1.19 bits per heavy atom. The molecule has 8 heteroatoms. The van der Waals surface area contributed by atoms with Crippen molar-refractivity contribution in [2.45, 2.75) is 6.54 Å². The van der Waals surface area contributed by atoms with E-state index in [4.69, 9.17) is 0 Å². The summed E-state index contributed by atoms with van der Waals surface area (Å²) in [5, 5.41) is 10.7. The predicted molar refractivity (Wildman–Crippen MR) is 105 cm³/mol. The summed E-state index contributed by atoms with van der Waals surface area (Å²) in [6.07, 6.45) is 1.57. The second-order valence-electron chi connectivity index (χ2n) is 6.02. The van der Waals surface area contributed by atoms with Crippen molar-refractivity contribution in [3.05, 3.63) is 59.2 Å². The molecular weight excluding hydrogens is 348 g/mol. The van der Waals surface area contributed by atoms with E-state index in [2.05, 4.69) is 43.6 Å². The van der Waals surface area contributed by atoms with Gasteiger partial charge >= 0.3 is 0 Å². The summed E-state index contributed by atoms with van der Waals surface area (Å²) in [4.78, 5) is 20.7. The lowest BCUT2D eigenvalue weighted by molar-refractivity contribution is 0.102. The quantitative estimate of drug-likeness (QED) is 0.721. The predicted octanol–water partition coefficient (Wildman–Crippen LogP) is 2.89. The molecule has 7 nitrogen and oxygen atoms in total. The van der Waals surface area contributed by atoms with Crippen LogP contribution >= 0.6 is 11.3 Å². The van der Waals surface area contributed by atoms with Gasteiger partial charge in [0.05, 0.1) is 5.56 Å². The van der Waals surface area contributed by atoms with Gasteiger partial charge < -0.3 is 9.80 Å². The highest BCUT2D eigenvalue weighted by molar-refractivity contribution is 7.13. The van der Waals surface area contributed by atoms with Crippen LogP contribution in [0.1, 0.15) is 15.9 Å². The van der Waals surface area contributed by atoms with Gasteiger partial charge in [0.1, 0.15) is 11.3 Å². The van der Waals surface area contributed by atoms with Crippen molar-refractivity contribution >= 4 is 33.9 Å². The molecule has 0 fully saturated rings. The van der Waals surface area contributed by atoms with Crippen LogP contribution in [0.25, 0.3) is 0 Å². The summed E-state index contributed by atoms with van der Waals surface area (Å²) < 4.78 is 0. The largest absolute Gasteiger partial charge is 0.378 e. The summed E-state index contributed by atoms with van der Waals surface area (Å²) in [5.41, 5.74) is 4.40. The standard InChI is InChI=1S/C18H20N6OS/c1-23(2)15-6-4-5-13(9-15)11-24(3)16-8-7-14(10-19-16)17(25)21-18-22-20-12-26-18/h4-10,12H,11H2,1-3H3,(H,21,22,25). The van der Waals surface area contributed by atoms with Gasteiger partial charge in [0.25, 0.3) is 5.91 Å². The van der Waals surface area contributed by atoms with E-state index in [-0.39, 0.29) is 5.91 Å². The van der Waals surface area contributed by atoms with E-state index in [0.717, 1.165) is 18.1 Å². The Morgan fingerprint density at radius 3 is 2.69 bits per heavy atom. The maximum Gasteiger partial charge on any atom is 0.259 e. The smallest absolute Gasteiger partial charge is 0.259 e. The lowest BCUT2D eigenvalue weighted by Gasteiger charge is -2.20. The van der Waals surface area contributed by atoms with Crippen LogP contribution in [0.15, 0.2) is 48.1 Å². The Bertz CT molecular complexity index is 864. The number of amides is 1. The Morgan fingerprint density at radius 2 is 2.04 bits per heavy atom. The third kappa shape index (κ3) is 4.34. The van der Waals surface area contributed by atoms with Gasteiger partial charge in [-0.25, -0.2) is 4.98 Å². The summed E-state index contributed by atoms with van der Waals surface area (Å²) in [6, 6.07) is 12.0. The van der Waals surface area contributed by atoms with Crippen molar-refractivity contribution in [1.82, 2.24) is 15.2 Å². The van der Waals surface area contributed by atoms with Gasteiger partial charge in [-0.15, -0.1) is 10.2 Å². The molecule has 0 saturated carbocycles. The minimum absolute atomic E-state index is 0.248. The zero-order valence-corrected chi connectivity index (χ0v) is 15.7. The molecule has 0 aliphatic rings. The number of nitrogens with zero attached hydrogens (tertiary/aromatic N) is 5. The Labute approximate surface area is 156 Å². The van der Waals surface area contributed by atoms with Crippen LogP contribution in [-0.2, 0) is 6.54 Å². The van der Waals surface area contributed by atoms with Crippen molar-refractivity contribution in [3.8, 4) is 0 Å². The van der Waals surface area contributed by atoms with Crippen LogP contribution in [0.5, 0.6) is 0 Å². The molecule has 1 N–H and O–H groups in total. The number of benzene rings is 1. The maximum absolute atomic E-state index is 12.2. The normalized spacial score (nSPS) is 10.4. The highest BCUT2D eigenvalue weighted by atomic mass is 32.1. The fraction of sp³-hybridized carbons (Fsp3) is 0.222. The first kappa shape index (κ1) is 17.8. The Balaban J connectivity index is 1.66. The molecule has 26 heavy (non-hydrogen) atoms. The average molecular weight is 368 g/mol. The van der Waals surface area contributed by atoms with Crippen LogP contribution in [-0.4, -0.2) is 42.2 Å². The van der Waals surface area contributed by atoms with E-state index >= 15 is 0 Å². The van der Waals surface area contributed by atoms with Crippen LogP contribution in [0.3, 0.4) is 0 Å². The van der Waals surface area contributed by atoms with E-state index in [1.807, 2.05) is 38.2 Å². The van der Waals surface area contributed by atoms with Crippen LogP contribution in [0, 0.1) is 0 Å². The number of carbonyl (C=O) groups excluding carboxylic acids is 1. The molecule has 1 aromatic carbocycles. The first-order chi connectivity index (χ1) is 12.5. The molecule has 0 spiro atoms. The second kappa shape index (κ2) is 7.92. The van der Waals surface area contributed by atoms with E-state index in [9.17, 15) is 4.79 Å². The van der Waals surface area contributed by atoms with Gasteiger partial charge in [0.15, 0.2) is 0 Å². The summed E-state index contributed by atoms with van der Waals surface area (Å²) in [5.74, 6) is 0.551. The number of anilines is 3. The molecule has 3 aromatic rings.